The predicted octanol–water partition coefficient (Wildman–Crippen LogP) is 6.30. The van der Waals surface area contributed by atoms with Gasteiger partial charge in [-0.3, -0.25) is 0 Å². The number of ether oxygens (including phenoxy) is 2. The van der Waals surface area contributed by atoms with Crippen LogP contribution < -0.4 is 9.47 Å². The third-order valence-electron chi connectivity index (χ3n) is 5.05. The molecule has 5 heteroatoms. The van der Waals surface area contributed by atoms with E-state index in [1.54, 1.807) is 0 Å². The summed E-state index contributed by atoms with van der Waals surface area (Å²) in [5.41, 5.74) is 3.38. The molecule has 30 heavy (non-hydrogen) atoms. The normalized spacial score (nSPS) is 11.0. The number of para-hydroxylation sites is 3. The van der Waals surface area contributed by atoms with Crippen LogP contribution in [0.4, 0.5) is 0 Å². The highest BCUT2D eigenvalue weighted by Gasteiger charge is 2.12. The quantitative estimate of drug-likeness (QED) is 0.298. The van der Waals surface area contributed by atoms with Crippen LogP contribution in [0.15, 0.2) is 72.8 Å². The van der Waals surface area contributed by atoms with E-state index >= 15 is 0 Å². The second-order valence-corrected chi connectivity index (χ2v) is 7.49. The summed E-state index contributed by atoms with van der Waals surface area (Å²) in [6.45, 7) is 3.95. The third kappa shape index (κ3) is 4.77. The minimum absolute atomic E-state index is 0.359. The molecule has 0 radical (unpaired) electrons. The van der Waals surface area contributed by atoms with Crippen LogP contribution in [0, 0.1) is 0 Å². The standard InChI is InChI=1S/C25H25ClN2O2/c1-2-19-12-14-20(15-13-19)29-17-7-16-28-23-10-5-4-9-22(23)27-25(28)18-30-24-11-6-3-8-21(24)26/h3-6,8-15H,2,7,16-18H2,1H3. The van der Waals surface area contributed by atoms with Crippen molar-refractivity contribution in [2.75, 3.05) is 6.61 Å². The van der Waals surface area contributed by atoms with E-state index in [0.29, 0.717) is 24.0 Å². The zero-order valence-corrected chi connectivity index (χ0v) is 17.8. The maximum Gasteiger partial charge on any atom is 0.148 e. The highest BCUT2D eigenvalue weighted by molar-refractivity contribution is 6.32. The summed E-state index contributed by atoms with van der Waals surface area (Å²) < 4.78 is 14.1. The lowest BCUT2D eigenvalue weighted by molar-refractivity contribution is 0.280. The maximum absolute atomic E-state index is 6.22. The van der Waals surface area contributed by atoms with Gasteiger partial charge in [0.05, 0.1) is 22.7 Å². The molecule has 0 unspecified atom stereocenters. The van der Waals surface area contributed by atoms with Gasteiger partial charge in [-0.05, 0) is 54.8 Å². The summed E-state index contributed by atoms with van der Waals surface area (Å²) in [6, 6.07) is 23.9. The Balaban J connectivity index is 1.42. The number of halogens is 1. The number of fused-ring (bicyclic) bond motifs is 1. The molecule has 0 bridgehead atoms. The first-order valence-corrected chi connectivity index (χ1v) is 10.7. The van der Waals surface area contributed by atoms with Crippen LogP contribution >= 0.6 is 11.6 Å². The van der Waals surface area contributed by atoms with Crippen molar-refractivity contribution in [1.29, 1.82) is 0 Å². The molecule has 0 spiro atoms. The number of benzene rings is 3. The summed E-state index contributed by atoms with van der Waals surface area (Å²) in [4.78, 5) is 4.77. The molecule has 1 aromatic heterocycles. The SMILES string of the molecule is CCc1ccc(OCCCn2c(COc3ccccc3Cl)nc3ccccc32)cc1. The van der Waals surface area contributed by atoms with Crippen LogP contribution in [0.3, 0.4) is 0 Å². The molecule has 0 aliphatic carbocycles. The molecule has 0 saturated carbocycles. The number of hydrogen-bond donors (Lipinski definition) is 0. The van der Waals surface area contributed by atoms with E-state index in [9.17, 15) is 0 Å². The van der Waals surface area contributed by atoms with E-state index < -0.39 is 0 Å². The first kappa shape index (κ1) is 20.3. The second-order valence-electron chi connectivity index (χ2n) is 7.09. The second kappa shape index (κ2) is 9.68. The van der Waals surface area contributed by atoms with Gasteiger partial charge in [0.15, 0.2) is 0 Å². The average molecular weight is 421 g/mol. The van der Waals surface area contributed by atoms with Gasteiger partial charge in [-0.2, -0.15) is 0 Å². The van der Waals surface area contributed by atoms with Crippen molar-refractivity contribution in [3.05, 3.63) is 89.2 Å². The van der Waals surface area contributed by atoms with Crippen LogP contribution in [-0.2, 0) is 19.6 Å². The molecule has 0 N–H and O–H groups in total. The van der Waals surface area contributed by atoms with Gasteiger partial charge in [-0.25, -0.2) is 4.98 Å². The summed E-state index contributed by atoms with van der Waals surface area (Å²) >= 11 is 6.22. The Morgan fingerprint density at radius 2 is 1.67 bits per heavy atom. The van der Waals surface area contributed by atoms with E-state index in [1.807, 2.05) is 54.6 Å². The Hall–Kier alpha value is -2.98. The molecule has 0 fully saturated rings. The molecule has 154 valence electrons. The number of imidazole rings is 1. The Bertz CT molecular complexity index is 1110. The van der Waals surface area contributed by atoms with Gasteiger partial charge < -0.3 is 14.0 Å². The van der Waals surface area contributed by atoms with Crippen molar-refractivity contribution < 1.29 is 9.47 Å². The summed E-state index contributed by atoms with van der Waals surface area (Å²) in [6.07, 6.45) is 1.90. The van der Waals surface area contributed by atoms with Crippen molar-refractivity contribution in [3.63, 3.8) is 0 Å². The molecule has 0 aliphatic rings. The summed E-state index contributed by atoms with van der Waals surface area (Å²) in [5.74, 6) is 2.45. The largest absolute Gasteiger partial charge is 0.494 e. The third-order valence-corrected chi connectivity index (χ3v) is 5.37. The number of aromatic nitrogens is 2. The fourth-order valence-corrected chi connectivity index (χ4v) is 3.61. The summed E-state index contributed by atoms with van der Waals surface area (Å²) in [5, 5.41) is 0.600. The Morgan fingerprint density at radius 3 is 2.47 bits per heavy atom. The highest BCUT2D eigenvalue weighted by atomic mass is 35.5. The van der Waals surface area contributed by atoms with Crippen LogP contribution in [0.5, 0.6) is 11.5 Å². The van der Waals surface area contributed by atoms with E-state index in [0.717, 1.165) is 42.0 Å². The van der Waals surface area contributed by atoms with Gasteiger partial charge >= 0.3 is 0 Å². The monoisotopic (exact) mass is 420 g/mol. The molecular weight excluding hydrogens is 396 g/mol. The Morgan fingerprint density at radius 1 is 0.900 bits per heavy atom. The molecule has 0 amide bonds. The number of rotatable bonds is 9. The van der Waals surface area contributed by atoms with Crippen molar-refractivity contribution in [2.45, 2.75) is 32.9 Å². The van der Waals surface area contributed by atoms with Gasteiger partial charge in [0.1, 0.15) is 23.9 Å². The lowest BCUT2D eigenvalue weighted by Crippen LogP contribution is -2.10. The molecule has 4 nitrogen and oxygen atoms in total. The Labute approximate surface area is 182 Å². The topological polar surface area (TPSA) is 36.3 Å². The first-order valence-electron chi connectivity index (χ1n) is 10.3. The van der Waals surface area contributed by atoms with Crippen molar-refractivity contribution in [2.24, 2.45) is 0 Å². The zero-order valence-electron chi connectivity index (χ0n) is 17.1. The molecule has 4 rings (SSSR count). The van der Waals surface area contributed by atoms with Crippen LogP contribution in [0.2, 0.25) is 5.02 Å². The molecule has 1 heterocycles. The van der Waals surface area contributed by atoms with Gasteiger partial charge in [0.2, 0.25) is 0 Å². The molecule has 3 aromatic carbocycles. The first-order chi connectivity index (χ1) is 14.7. The van der Waals surface area contributed by atoms with Crippen LogP contribution in [0.25, 0.3) is 11.0 Å². The van der Waals surface area contributed by atoms with Crippen molar-refractivity contribution in [3.8, 4) is 11.5 Å². The van der Waals surface area contributed by atoms with Crippen molar-refractivity contribution in [1.82, 2.24) is 9.55 Å². The molecule has 0 saturated heterocycles. The van der Waals surface area contributed by atoms with Gasteiger partial charge in [0, 0.05) is 6.54 Å². The van der Waals surface area contributed by atoms with E-state index in [2.05, 4.69) is 29.7 Å². The van der Waals surface area contributed by atoms with Gasteiger partial charge in [-0.1, -0.05) is 54.9 Å². The average Bonchev–Trinajstić information content (AvgIpc) is 3.14. The number of aryl methyl sites for hydroxylation is 2. The molecule has 0 aliphatic heterocycles. The lowest BCUT2D eigenvalue weighted by Gasteiger charge is -2.12. The smallest absolute Gasteiger partial charge is 0.148 e. The van der Waals surface area contributed by atoms with E-state index in [4.69, 9.17) is 26.1 Å². The van der Waals surface area contributed by atoms with Gasteiger partial charge in [-0.15, -0.1) is 0 Å². The predicted molar refractivity (Wildman–Crippen MR) is 121 cm³/mol. The summed E-state index contributed by atoms with van der Waals surface area (Å²) in [7, 11) is 0. The lowest BCUT2D eigenvalue weighted by atomic mass is 10.2. The van der Waals surface area contributed by atoms with Gasteiger partial charge in [0.25, 0.3) is 0 Å². The van der Waals surface area contributed by atoms with E-state index in [-0.39, 0.29) is 0 Å². The maximum atomic E-state index is 6.22. The zero-order chi connectivity index (χ0) is 20.8. The van der Waals surface area contributed by atoms with Crippen molar-refractivity contribution >= 4 is 22.6 Å². The highest BCUT2D eigenvalue weighted by Crippen LogP contribution is 2.25. The molecule has 4 aromatic rings. The molecule has 0 atom stereocenters. The van der Waals surface area contributed by atoms with Crippen LogP contribution in [-0.4, -0.2) is 16.2 Å². The molecular formula is C25H25ClN2O2. The number of hydrogen-bond acceptors (Lipinski definition) is 3. The number of nitrogens with zero attached hydrogens (tertiary/aromatic N) is 2. The fourth-order valence-electron chi connectivity index (χ4n) is 3.42. The van der Waals surface area contributed by atoms with Crippen LogP contribution in [0.1, 0.15) is 24.7 Å². The minimum atomic E-state index is 0.359. The Kier molecular flexibility index (Phi) is 6.55. The van der Waals surface area contributed by atoms with E-state index in [1.165, 1.54) is 5.56 Å². The fraction of sp³-hybridized carbons (Fsp3) is 0.240. The minimum Gasteiger partial charge on any atom is -0.494 e.